The van der Waals surface area contributed by atoms with Crippen LogP contribution in [0.15, 0.2) is 78.7 Å². The molecule has 0 amide bonds. The summed E-state index contributed by atoms with van der Waals surface area (Å²) < 4.78 is 21.5. The van der Waals surface area contributed by atoms with Crippen molar-refractivity contribution in [3.05, 3.63) is 96.1 Å². The summed E-state index contributed by atoms with van der Waals surface area (Å²) in [5.41, 5.74) is 2.64. The van der Waals surface area contributed by atoms with Crippen LogP contribution in [0.2, 0.25) is 0 Å². The Labute approximate surface area is 294 Å². The van der Waals surface area contributed by atoms with E-state index in [1.54, 1.807) is 6.07 Å². The molecule has 1 aliphatic rings. The number of hydrogen-bond donors (Lipinski definition) is 1. The van der Waals surface area contributed by atoms with Crippen molar-refractivity contribution in [2.75, 3.05) is 0 Å². The molecular weight excluding hydrogens is 780 g/mol. The molecule has 4 aromatic carbocycles. The van der Waals surface area contributed by atoms with Gasteiger partial charge in [-0.2, -0.15) is 0 Å². The fourth-order valence-electron chi connectivity index (χ4n) is 5.78. The van der Waals surface area contributed by atoms with Gasteiger partial charge < -0.3 is 9.84 Å². The average Bonchev–Trinajstić information content (AvgIpc) is 2.99. The second-order valence-electron chi connectivity index (χ2n) is 14.8. The molecule has 0 atom stereocenters. The molecule has 48 heavy (non-hydrogen) atoms. The number of carbonyl (C=O) groups is 1. The molecule has 3 heterocycles. The van der Waals surface area contributed by atoms with Gasteiger partial charge in [0, 0.05) is 59.7 Å². The molecule has 0 aliphatic carbocycles. The number of fused-ring (bicyclic) bond motifs is 7. The first-order chi connectivity index (χ1) is 22.1. The molecule has 6 aromatic rings. The normalized spacial score (nSPS) is 12.8. The molecule has 0 unspecified atom stereocenters. The number of rotatable bonds is 3. The Balaban J connectivity index is 0.000000277. The predicted molar refractivity (Wildman–Crippen MR) is 190 cm³/mol. The second-order valence-corrected chi connectivity index (χ2v) is 14.8. The number of hydrogen-bond acceptors (Lipinski definition) is 5. The fourth-order valence-corrected chi connectivity index (χ4v) is 5.78. The van der Waals surface area contributed by atoms with Crippen LogP contribution in [0.5, 0.6) is 11.6 Å². The fraction of sp³-hybridized carbons (Fsp3) is 0.293. The summed E-state index contributed by atoms with van der Waals surface area (Å²) in [5.74, 6) is 1.55. The smallest absolute Gasteiger partial charge is 0.164 e. The molecule has 249 valence electrons. The van der Waals surface area contributed by atoms with Gasteiger partial charge in [0.15, 0.2) is 11.7 Å². The first-order valence-electron chi connectivity index (χ1n) is 16.0. The monoisotopic (exact) mass is 820 g/mol. The first kappa shape index (κ1) is 35.1. The van der Waals surface area contributed by atoms with Gasteiger partial charge in [-0.3, -0.25) is 14.8 Å². The van der Waals surface area contributed by atoms with Crippen LogP contribution < -0.4 is 4.74 Å². The molecule has 0 fully saturated rings. The molecule has 7 heteroatoms. The van der Waals surface area contributed by atoms with E-state index >= 15 is 4.39 Å². The van der Waals surface area contributed by atoms with E-state index in [9.17, 15) is 9.90 Å². The number of ketones is 1. The number of aliphatic hydroxyl groups excluding tert-OH is 1. The van der Waals surface area contributed by atoms with Gasteiger partial charge in [-0.25, -0.2) is 4.39 Å². The summed E-state index contributed by atoms with van der Waals surface area (Å²) >= 11 is 0. The topological polar surface area (TPSA) is 72.3 Å². The van der Waals surface area contributed by atoms with Crippen molar-refractivity contribution in [2.24, 2.45) is 16.7 Å². The van der Waals surface area contributed by atoms with E-state index < -0.39 is 5.41 Å². The standard InChI is InChI=1S/C30H20FN2O.C11H20O2.Ir/c1-16(2)11-17-12-22-20(25(31)13-17)8-7-19-21-9-10-32-29-24-14-18-5-3-4-6-26(18)33-30(24)34-27(28(21)29)15-23(19)22;1-10(2,3)8(12)7-9(13)11(4,5)6;/h3-10,12-13,15-16H,11H2,1-2H3;7,12H,1-6H3;/q-1;;/b;8-7-;. The van der Waals surface area contributed by atoms with Crippen molar-refractivity contribution in [3.63, 3.8) is 0 Å². The summed E-state index contributed by atoms with van der Waals surface area (Å²) in [7, 11) is 0. The molecule has 0 spiro atoms. The van der Waals surface area contributed by atoms with Gasteiger partial charge in [0.1, 0.15) is 17.3 Å². The van der Waals surface area contributed by atoms with Crippen molar-refractivity contribution < 1.29 is 39.1 Å². The van der Waals surface area contributed by atoms with E-state index in [0.29, 0.717) is 22.9 Å². The Kier molecular flexibility index (Phi) is 9.53. The van der Waals surface area contributed by atoms with Crippen LogP contribution in [0, 0.1) is 28.6 Å². The summed E-state index contributed by atoms with van der Waals surface area (Å²) in [6.45, 7) is 15.4. The first-order valence-corrected chi connectivity index (χ1v) is 16.0. The number of benzene rings is 4. The number of aromatic nitrogens is 2. The molecule has 1 aliphatic heterocycles. The maximum Gasteiger partial charge on any atom is 0.164 e. The van der Waals surface area contributed by atoms with Gasteiger partial charge in [-0.15, -0.1) is 12.1 Å². The van der Waals surface area contributed by atoms with Crippen molar-refractivity contribution in [3.8, 4) is 22.9 Å². The number of pyridine rings is 2. The molecular formula is C41H40FIrN2O3-. The number of aliphatic hydroxyl groups is 1. The molecule has 7 rings (SSSR count). The van der Waals surface area contributed by atoms with Crippen LogP contribution in [0.3, 0.4) is 0 Å². The summed E-state index contributed by atoms with van der Waals surface area (Å²) in [4.78, 5) is 20.9. The van der Waals surface area contributed by atoms with Gasteiger partial charge in [-0.1, -0.05) is 97.2 Å². The van der Waals surface area contributed by atoms with Gasteiger partial charge in [0.05, 0.1) is 0 Å². The van der Waals surface area contributed by atoms with Crippen molar-refractivity contribution in [1.82, 2.24) is 9.97 Å². The van der Waals surface area contributed by atoms with E-state index in [4.69, 9.17) is 14.7 Å². The van der Waals surface area contributed by atoms with E-state index in [-0.39, 0.29) is 42.9 Å². The van der Waals surface area contributed by atoms with Crippen LogP contribution in [-0.4, -0.2) is 20.9 Å². The van der Waals surface area contributed by atoms with Crippen LogP contribution in [0.4, 0.5) is 4.39 Å². The van der Waals surface area contributed by atoms with Crippen LogP contribution >= 0.6 is 0 Å². The van der Waals surface area contributed by atoms with Crippen molar-refractivity contribution >= 4 is 49.0 Å². The Morgan fingerprint density at radius 1 is 0.917 bits per heavy atom. The third-order valence-electron chi connectivity index (χ3n) is 8.41. The second kappa shape index (κ2) is 13.0. The van der Waals surface area contributed by atoms with Crippen LogP contribution in [0.1, 0.15) is 61.0 Å². The van der Waals surface area contributed by atoms with Crippen molar-refractivity contribution in [2.45, 2.75) is 61.8 Å². The van der Waals surface area contributed by atoms with Gasteiger partial charge in [0.2, 0.25) is 0 Å². The number of nitrogens with zero attached hydrogens (tertiary/aromatic N) is 2. The van der Waals surface area contributed by atoms with Crippen LogP contribution in [0.25, 0.3) is 54.5 Å². The molecule has 1 N–H and O–H groups in total. The van der Waals surface area contributed by atoms with E-state index in [1.807, 2.05) is 96.3 Å². The Hall–Kier alpha value is -4.19. The molecule has 1 radical (unpaired) electrons. The average molecular weight is 820 g/mol. The van der Waals surface area contributed by atoms with E-state index in [2.05, 4.69) is 26.0 Å². The van der Waals surface area contributed by atoms with E-state index in [1.165, 1.54) is 6.08 Å². The molecule has 0 bridgehead atoms. The van der Waals surface area contributed by atoms with Crippen molar-refractivity contribution in [1.29, 1.82) is 0 Å². The molecule has 2 aromatic heterocycles. The minimum atomic E-state index is -0.417. The van der Waals surface area contributed by atoms with Gasteiger partial charge >= 0.3 is 0 Å². The van der Waals surface area contributed by atoms with Crippen LogP contribution in [-0.2, 0) is 31.3 Å². The summed E-state index contributed by atoms with van der Waals surface area (Å²) in [6.07, 6.45) is 3.98. The molecule has 0 saturated carbocycles. The Bertz CT molecular complexity index is 2240. The minimum Gasteiger partial charge on any atom is -0.512 e. The summed E-state index contributed by atoms with van der Waals surface area (Å²) in [6, 6.07) is 23.0. The molecule has 0 saturated heterocycles. The zero-order chi connectivity index (χ0) is 33.8. The largest absolute Gasteiger partial charge is 0.512 e. The zero-order valence-corrected chi connectivity index (χ0v) is 31.0. The molecule has 5 nitrogen and oxygen atoms in total. The maximum absolute atomic E-state index is 15.1. The maximum atomic E-state index is 15.1. The van der Waals surface area contributed by atoms with Gasteiger partial charge in [-0.05, 0) is 68.7 Å². The number of ether oxygens (including phenoxy) is 1. The minimum absolute atomic E-state index is 0. The summed E-state index contributed by atoms with van der Waals surface area (Å²) in [5, 5.41) is 16.0. The predicted octanol–water partition coefficient (Wildman–Crippen LogP) is 11.1. The quantitative estimate of drug-likeness (QED) is 0.0832. The number of para-hydroxylation sites is 1. The number of carbonyl (C=O) groups excluding carboxylic acids is 1. The van der Waals surface area contributed by atoms with Gasteiger partial charge in [0.25, 0.3) is 0 Å². The third-order valence-corrected chi connectivity index (χ3v) is 8.41. The SMILES string of the molecule is CC(C)(C)C(=O)/C=C(\O)C(C)(C)C.CC(C)Cc1cc(F)c2ccc3c4ccnc5c4c(cc3c2c1)Oc1nc2ccccc2[c-]c1-5.[Ir]. The Morgan fingerprint density at radius 2 is 1.60 bits per heavy atom. The number of halogens is 1. The Morgan fingerprint density at radius 3 is 2.29 bits per heavy atom. The zero-order valence-electron chi connectivity index (χ0n) is 28.6. The third kappa shape index (κ3) is 6.72. The van der Waals surface area contributed by atoms with E-state index in [0.717, 1.165) is 61.1 Å². The number of allylic oxidation sites excluding steroid dienone is 2.